The van der Waals surface area contributed by atoms with E-state index < -0.39 is 9.84 Å². The first-order chi connectivity index (χ1) is 11.7. The van der Waals surface area contributed by atoms with Gasteiger partial charge in [0.05, 0.1) is 17.5 Å². The second-order valence-corrected chi connectivity index (χ2v) is 9.13. The minimum Gasteiger partial charge on any atom is -0.492 e. The van der Waals surface area contributed by atoms with Crippen LogP contribution < -0.4 is 4.74 Å². The summed E-state index contributed by atoms with van der Waals surface area (Å²) in [6.07, 6.45) is 0.513. The molecule has 1 saturated heterocycles. The van der Waals surface area contributed by atoms with Gasteiger partial charge in [-0.2, -0.15) is 0 Å². The molecular weight excluding hydrogens is 364 g/mol. The summed E-state index contributed by atoms with van der Waals surface area (Å²) in [7, 11) is 0.525. The lowest BCUT2D eigenvalue weighted by molar-refractivity contribution is -0.136. The van der Waals surface area contributed by atoms with Crippen LogP contribution in [0.4, 0.5) is 0 Å². The van der Waals surface area contributed by atoms with Gasteiger partial charge >= 0.3 is 0 Å². The summed E-state index contributed by atoms with van der Waals surface area (Å²) in [5, 5.41) is 0.613. The van der Waals surface area contributed by atoms with Crippen LogP contribution in [-0.2, 0) is 14.6 Å². The zero-order chi connectivity index (χ0) is 18.6. The Hall–Kier alpha value is -1.31. The van der Waals surface area contributed by atoms with E-state index in [0.29, 0.717) is 30.3 Å². The SMILES string of the molecule is CC(C(=O)N(C)C1CCS(=O)(=O)C1)N(C)CCOc1cccc(Cl)c1. The summed E-state index contributed by atoms with van der Waals surface area (Å²) in [6, 6.07) is 6.59. The third kappa shape index (κ3) is 5.59. The van der Waals surface area contributed by atoms with Gasteiger partial charge in [0.1, 0.15) is 12.4 Å². The summed E-state index contributed by atoms with van der Waals surface area (Å²) in [5.41, 5.74) is 0. The number of sulfone groups is 1. The van der Waals surface area contributed by atoms with Crippen LogP contribution in [0.3, 0.4) is 0 Å². The van der Waals surface area contributed by atoms with Crippen LogP contribution in [0.1, 0.15) is 13.3 Å². The number of hydrogen-bond donors (Lipinski definition) is 0. The van der Waals surface area contributed by atoms with Crippen molar-refractivity contribution in [3.05, 3.63) is 29.3 Å². The van der Waals surface area contributed by atoms with Gasteiger partial charge in [-0.15, -0.1) is 0 Å². The first kappa shape index (κ1) is 20.0. The maximum atomic E-state index is 12.6. The van der Waals surface area contributed by atoms with Crippen LogP contribution in [0, 0.1) is 0 Å². The van der Waals surface area contributed by atoms with Crippen molar-refractivity contribution in [3.63, 3.8) is 0 Å². The van der Waals surface area contributed by atoms with Crippen molar-refractivity contribution in [2.45, 2.75) is 25.4 Å². The lowest BCUT2D eigenvalue weighted by Gasteiger charge is -2.31. The van der Waals surface area contributed by atoms with Crippen molar-refractivity contribution < 1.29 is 17.9 Å². The van der Waals surface area contributed by atoms with Gasteiger partial charge in [0.15, 0.2) is 9.84 Å². The van der Waals surface area contributed by atoms with Gasteiger partial charge in [-0.25, -0.2) is 8.42 Å². The summed E-state index contributed by atoms with van der Waals surface area (Å²) in [6.45, 7) is 2.81. The average molecular weight is 389 g/mol. The normalized spacial score (nSPS) is 20.4. The van der Waals surface area contributed by atoms with Crippen LogP contribution in [-0.4, -0.2) is 75.0 Å². The maximum Gasteiger partial charge on any atom is 0.239 e. The molecule has 2 atom stereocenters. The van der Waals surface area contributed by atoms with Gasteiger partial charge < -0.3 is 9.64 Å². The summed E-state index contributed by atoms with van der Waals surface area (Å²) >= 11 is 5.91. The molecule has 8 heteroatoms. The second-order valence-electron chi connectivity index (χ2n) is 6.47. The minimum atomic E-state index is -3.01. The Morgan fingerprint density at radius 1 is 1.40 bits per heavy atom. The van der Waals surface area contributed by atoms with Gasteiger partial charge in [0, 0.05) is 24.7 Å². The predicted octanol–water partition coefficient (Wildman–Crippen LogP) is 1.68. The number of hydrogen-bond acceptors (Lipinski definition) is 5. The van der Waals surface area contributed by atoms with E-state index >= 15 is 0 Å². The zero-order valence-corrected chi connectivity index (χ0v) is 16.4. The van der Waals surface area contributed by atoms with Gasteiger partial charge in [0.2, 0.25) is 5.91 Å². The van der Waals surface area contributed by atoms with Crippen LogP contribution in [0.15, 0.2) is 24.3 Å². The van der Waals surface area contributed by atoms with E-state index in [4.69, 9.17) is 16.3 Å². The van der Waals surface area contributed by atoms with Crippen molar-refractivity contribution in [2.75, 3.05) is 38.8 Å². The number of nitrogens with zero attached hydrogens (tertiary/aromatic N) is 2. The number of ether oxygens (including phenoxy) is 1. The molecular formula is C17H25ClN2O4S. The monoisotopic (exact) mass is 388 g/mol. The quantitative estimate of drug-likeness (QED) is 0.711. The molecule has 0 aliphatic carbocycles. The lowest BCUT2D eigenvalue weighted by atomic mass is 10.2. The molecule has 0 bridgehead atoms. The van der Waals surface area contributed by atoms with Crippen molar-refractivity contribution in [1.29, 1.82) is 0 Å². The number of halogens is 1. The smallest absolute Gasteiger partial charge is 0.239 e. The molecule has 1 aromatic rings. The van der Waals surface area contributed by atoms with E-state index in [-0.39, 0.29) is 29.5 Å². The number of amides is 1. The van der Waals surface area contributed by atoms with Gasteiger partial charge in [-0.3, -0.25) is 9.69 Å². The molecule has 1 amide bonds. The van der Waals surface area contributed by atoms with Gasteiger partial charge in [-0.1, -0.05) is 17.7 Å². The van der Waals surface area contributed by atoms with Crippen LogP contribution in [0.5, 0.6) is 5.75 Å². The average Bonchev–Trinajstić information content (AvgIpc) is 2.92. The van der Waals surface area contributed by atoms with Gasteiger partial charge in [0.25, 0.3) is 0 Å². The minimum absolute atomic E-state index is 0.0591. The third-order valence-corrected chi connectivity index (χ3v) is 6.62. The molecule has 1 aromatic carbocycles. The number of likely N-dealkylation sites (N-methyl/N-ethyl adjacent to an activating group) is 2. The highest BCUT2D eigenvalue weighted by atomic mass is 35.5. The molecule has 1 heterocycles. The molecule has 0 aromatic heterocycles. The fourth-order valence-corrected chi connectivity index (χ4v) is 4.76. The standard InChI is InChI=1S/C17H25ClN2O4S/c1-13(17(21)20(3)15-7-10-25(22,23)12-15)19(2)8-9-24-16-6-4-5-14(18)11-16/h4-6,11,13,15H,7-10,12H2,1-3H3. The fourth-order valence-electron chi connectivity index (χ4n) is 2.80. The van der Waals surface area contributed by atoms with E-state index in [0.717, 1.165) is 0 Å². The number of rotatable bonds is 7. The van der Waals surface area contributed by atoms with Gasteiger partial charge in [-0.05, 0) is 38.6 Å². The van der Waals surface area contributed by atoms with Crippen molar-refractivity contribution in [3.8, 4) is 5.75 Å². The molecule has 25 heavy (non-hydrogen) atoms. The molecule has 2 unspecified atom stereocenters. The predicted molar refractivity (Wildman–Crippen MR) is 98.9 cm³/mol. The zero-order valence-electron chi connectivity index (χ0n) is 14.8. The third-order valence-electron chi connectivity index (χ3n) is 4.63. The Balaban J connectivity index is 1.82. The van der Waals surface area contributed by atoms with E-state index in [2.05, 4.69) is 0 Å². The Labute approximate surface area is 154 Å². The van der Waals surface area contributed by atoms with Crippen LogP contribution >= 0.6 is 11.6 Å². The molecule has 0 spiro atoms. The molecule has 1 aliphatic rings. The second kappa shape index (κ2) is 8.38. The van der Waals surface area contributed by atoms with Crippen molar-refractivity contribution >= 4 is 27.3 Å². The molecule has 1 fully saturated rings. The Morgan fingerprint density at radius 2 is 2.12 bits per heavy atom. The van der Waals surface area contributed by atoms with E-state index in [1.807, 2.05) is 31.0 Å². The topological polar surface area (TPSA) is 66.9 Å². The fraction of sp³-hybridized carbons (Fsp3) is 0.588. The highest BCUT2D eigenvalue weighted by molar-refractivity contribution is 7.91. The molecule has 1 aliphatic heterocycles. The largest absolute Gasteiger partial charge is 0.492 e. The van der Waals surface area contributed by atoms with Crippen LogP contribution in [0.25, 0.3) is 0 Å². The first-order valence-corrected chi connectivity index (χ1v) is 10.5. The van der Waals surface area contributed by atoms with E-state index in [1.54, 1.807) is 24.1 Å². The van der Waals surface area contributed by atoms with Crippen LogP contribution in [0.2, 0.25) is 5.02 Å². The maximum absolute atomic E-state index is 12.6. The lowest BCUT2D eigenvalue weighted by Crippen LogP contribution is -2.49. The van der Waals surface area contributed by atoms with Crippen molar-refractivity contribution in [2.24, 2.45) is 0 Å². The van der Waals surface area contributed by atoms with E-state index in [9.17, 15) is 13.2 Å². The first-order valence-electron chi connectivity index (χ1n) is 8.25. The summed E-state index contributed by atoms with van der Waals surface area (Å²) < 4.78 is 28.8. The molecule has 0 N–H and O–H groups in total. The Bertz CT molecular complexity index is 710. The molecule has 2 rings (SSSR count). The summed E-state index contributed by atoms with van der Waals surface area (Å²) in [5.74, 6) is 0.830. The molecule has 6 nitrogen and oxygen atoms in total. The number of benzene rings is 1. The Kier molecular flexibility index (Phi) is 6.71. The molecule has 0 radical (unpaired) electrons. The number of carbonyl (C=O) groups is 1. The van der Waals surface area contributed by atoms with Crippen molar-refractivity contribution in [1.82, 2.24) is 9.80 Å². The number of carbonyl (C=O) groups excluding carboxylic acids is 1. The Morgan fingerprint density at radius 3 is 2.72 bits per heavy atom. The molecule has 140 valence electrons. The highest BCUT2D eigenvalue weighted by Gasteiger charge is 2.34. The molecule has 0 saturated carbocycles. The summed E-state index contributed by atoms with van der Waals surface area (Å²) in [4.78, 5) is 16.1. The highest BCUT2D eigenvalue weighted by Crippen LogP contribution is 2.19. The van der Waals surface area contributed by atoms with E-state index in [1.165, 1.54) is 0 Å².